The molecule has 0 aromatic heterocycles. The van der Waals surface area contributed by atoms with E-state index in [4.69, 9.17) is 0 Å². The van der Waals surface area contributed by atoms with Gasteiger partial charge in [0.05, 0.1) is 5.55 Å². The topological polar surface area (TPSA) is 46.5 Å². The highest BCUT2D eigenvalue weighted by atomic mass is 32.2. The molecule has 1 rings (SSSR count). The van der Waals surface area contributed by atoms with Gasteiger partial charge in [0, 0.05) is 5.75 Å². The van der Waals surface area contributed by atoms with E-state index in [9.17, 15) is 9.59 Å². The maximum Gasteiger partial charge on any atom is 0.220 e. The Morgan fingerprint density at radius 1 is 1.89 bits per heavy atom. The minimum absolute atomic E-state index is 0.327. The third-order valence-corrected chi connectivity index (χ3v) is 1.79. The summed E-state index contributed by atoms with van der Waals surface area (Å²) in [5.41, 5.74) is 1.60. The lowest BCUT2D eigenvalue weighted by Gasteiger charge is -1.94. The van der Waals surface area contributed by atoms with Gasteiger partial charge in [0.1, 0.15) is 6.04 Å². The molecule has 0 bridgehead atoms. The smallest absolute Gasteiger partial charge is 0.220 e. The van der Waals surface area contributed by atoms with Crippen molar-refractivity contribution < 1.29 is 9.59 Å². The first-order valence-electron chi connectivity index (χ1n) is 2.47. The molecule has 1 heterocycles. The molecule has 0 aliphatic carbocycles. The summed E-state index contributed by atoms with van der Waals surface area (Å²) >= 11 is 1.45. The van der Waals surface area contributed by atoms with Crippen molar-refractivity contribution in [2.24, 2.45) is 4.99 Å². The van der Waals surface area contributed by atoms with E-state index in [2.05, 4.69) is 4.99 Å². The molecule has 4 heteroatoms. The van der Waals surface area contributed by atoms with Crippen LogP contribution in [0.4, 0.5) is 0 Å². The number of aldehydes is 1. The fourth-order valence-electron chi connectivity index (χ4n) is 0.528. The van der Waals surface area contributed by atoms with Crippen LogP contribution >= 0.6 is 11.8 Å². The van der Waals surface area contributed by atoms with E-state index < -0.39 is 11.8 Å². The van der Waals surface area contributed by atoms with Crippen molar-refractivity contribution >= 4 is 29.4 Å². The highest BCUT2D eigenvalue weighted by Crippen LogP contribution is 2.10. The van der Waals surface area contributed by atoms with Gasteiger partial charge in [-0.2, -0.15) is 0 Å². The molecule has 0 N–H and O–H groups in total. The molecule has 0 aromatic rings. The van der Waals surface area contributed by atoms with Crippen LogP contribution in [0, 0.1) is 0 Å². The Hall–Kier alpha value is -0.640. The first kappa shape index (κ1) is 6.48. The minimum atomic E-state index is -0.420. The van der Waals surface area contributed by atoms with Gasteiger partial charge < -0.3 is 0 Å². The summed E-state index contributed by atoms with van der Waals surface area (Å²) < 4.78 is 0. The van der Waals surface area contributed by atoms with E-state index in [-0.39, 0.29) is 0 Å². The average Bonchev–Trinajstić information content (AvgIpc) is 2.37. The Balaban J connectivity index is 2.52. The Morgan fingerprint density at radius 2 is 2.67 bits per heavy atom. The molecule has 0 saturated carbocycles. The van der Waals surface area contributed by atoms with Crippen LogP contribution < -0.4 is 0 Å². The molecule has 0 amide bonds. The molecule has 1 aliphatic heterocycles. The maximum absolute atomic E-state index is 10.5. The first-order valence-corrected chi connectivity index (χ1v) is 3.51. The Morgan fingerprint density at radius 3 is 3.11 bits per heavy atom. The van der Waals surface area contributed by atoms with E-state index >= 15 is 0 Å². The number of Topliss-reactive ketones (excluding diaryl/α,β-unsaturated/α-hetero) is 1. The quantitative estimate of drug-likeness (QED) is 0.400. The van der Waals surface area contributed by atoms with Crippen molar-refractivity contribution in [1.82, 2.24) is 0 Å². The van der Waals surface area contributed by atoms with Crippen LogP contribution in [-0.2, 0) is 9.59 Å². The summed E-state index contributed by atoms with van der Waals surface area (Å²) in [6, 6.07) is -0.396. The number of rotatable bonds is 2. The fraction of sp³-hybridized carbons (Fsp3) is 0.400. The van der Waals surface area contributed by atoms with Crippen molar-refractivity contribution in [2.45, 2.75) is 6.04 Å². The van der Waals surface area contributed by atoms with Gasteiger partial charge in [0.15, 0.2) is 6.29 Å². The van der Waals surface area contributed by atoms with Crippen molar-refractivity contribution in [3.05, 3.63) is 0 Å². The molecule has 3 nitrogen and oxygen atoms in total. The molecule has 1 aliphatic rings. The lowest BCUT2D eigenvalue weighted by atomic mass is 10.2. The normalized spacial score (nSPS) is 24.2. The van der Waals surface area contributed by atoms with Crippen LogP contribution in [0.2, 0.25) is 0 Å². The van der Waals surface area contributed by atoms with Crippen LogP contribution in [0.3, 0.4) is 0 Å². The van der Waals surface area contributed by atoms with Crippen molar-refractivity contribution in [3.8, 4) is 0 Å². The Kier molecular flexibility index (Phi) is 2.00. The fourth-order valence-corrected chi connectivity index (χ4v) is 1.28. The third kappa shape index (κ3) is 1.38. The molecule has 0 radical (unpaired) electrons. The molecule has 0 aromatic carbocycles. The molecular formula is C5H5NO2S. The summed E-state index contributed by atoms with van der Waals surface area (Å²) in [5, 5.41) is 0. The third-order valence-electron chi connectivity index (χ3n) is 1.01. The second-order valence-electron chi connectivity index (χ2n) is 1.62. The largest absolute Gasteiger partial charge is 0.295 e. The van der Waals surface area contributed by atoms with Gasteiger partial charge in [-0.1, -0.05) is 0 Å². The summed E-state index contributed by atoms with van der Waals surface area (Å²) in [6.07, 6.45) is 0.327. The maximum atomic E-state index is 10.5. The SMILES string of the molecule is O=CC(=O)C1CSC=N1. The summed E-state index contributed by atoms with van der Waals surface area (Å²) in [7, 11) is 0. The predicted octanol–water partition coefficient (Wildman–Crippen LogP) is -0.102. The van der Waals surface area contributed by atoms with Crippen LogP contribution in [0.15, 0.2) is 4.99 Å². The summed E-state index contributed by atoms with van der Waals surface area (Å²) in [6.45, 7) is 0. The lowest BCUT2D eigenvalue weighted by Crippen LogP contribution is -2.19. The first-order chi connectivity index (χ1) is 4.34. The van der Waals surface area contributed by atoms with E-state index in [0.717, 1.165) is 0 Å². The van der Waals surface area contributed by atoms with Gasteiger partial charge in [0.25, 0.3) is 0 Å². The zero-order valence-corrected chi connectivity index (χ0v) is 5.43. The number of hydrogen-bond acceptors (Lipinski definition) is 4. The summed E-state index contributed by atoms with van der Waals surface area (Å²) in [4.78, 5) is 24.1. The standard InChI is InChI=1S/C5H5NO2S/c7-1-5(8)4-2-9-3-6-4/h1,3-4H,2H2. The molecule has 0 fully saturated rings. The Labute approximate surface area is 56.5 Å². The predicted molar refractivity (Wildman–Crippen MR) is 35.8 cm³/mol. The molecule has 48 valence electrons. The second-order valence-corrected chi connectivity index (χ2v) is 2.50. The zero-order valence-electron chi connectivity index (χ0n) is 4.61. The summed E-state index contributed by atoms with van der Waals surface area (Å²) in [5.74, 6) is 0.202. The highest BCUT2D eigenvalue weighted by molar-refractivity contribution is 8.12. The molecule has 1 unspecified atom stereocenters. The number of thioether (sulfide) groups is 1. The van der Waals surface area contributed by atoms with Gasteiger partial charge >= 0.3 is 0 Å². The zero-order chi connectivity index (χ0) is 6.69. The van der Waals surface area contributed by atoms with Gasteiger partial charge in [-0.15, -0.1) is 11.8 Å². The number of carbonyl (C=O) groups excluding carboxylic acids is 2. The molecule has 9 heavy (non-hydrogen) atoms. The minimum Gasteiger partial charge on any atom is -0.295 e. The number of carbonyl (C=O) groups is 2. The van der Waals surface area contributed by atoms with Gasteiger partial charge in [-0.05, 0) is 0 Å². The van der Waals surface area contributed by atoms with Crippen LogP contribution in [0.5, 0.6) is 0 Å². The number of hydrogen-bond donors (Lipinski definition) is 0. The Bertz CT molecular complexity index is 166. The molecule has 1 atom stereocenters. The van der Waals surface area contributed by atoms with Gasteiger partial charge in [-0.25, -0.2) is 0 Å². The lowest BCUT2D eigenvalue weighted by molar-refractivity contribution is -0.130. The van der Waals surface area contributed by atoms with Crippen molar-refractivity contribution in [1.29, 1.82) is 0 Å². The van der Waals surface area contributed by atoms with Crippen LogP contribution in [0.1, 0.15) is 0 Å². The van der Waals surface area contributed by atoms with E-state index in [1.807, 2.05) is 0 Å². The number of aliphatic imine (C=N–C) groups is 1. The highest BCUT2D eigenvalue weighted by Gasteiger charge is 2.18. The number of nitrogens with zero attached hydrogens (tertiary/aromatic N) is 1. The van der Waals surface area contributed by atoms with Gasteiger partial charge in [-0.3, -0.25) is 14.6 Å². The van der Waals surface area contributed by atoms with E-state index in [1.165, 1.54) is 11.8 Å². The van der Waals surface area contributed by atoms with E-state index in [1.54, 1.807) is 5.55 Å². The number of ketones is 1. The average molecular weight is 143 g/mol. The molecule has 0 saturated heterocycles. The second kappa shape index (κ2) is 2.77. The van der Waals surface area contributed by atoms with E-state index in [0.29, 0.717) is 12.0 Å². The monoisotopic (exact) mass is 143 g/mol. The van der Waals surface area contributed by atoms with Crippen molar-refractivity contribution in [3.63, 3.8) is 0 Å². The van der Waals surface area contributed by atoms with Crippen LogP contribution in [0.25, 0.3) is 0 Å². The molecular weight excluding hydrogens is 138 g/mol. The van der Waals surface area contributed by atoms with Crippen molar-refractivity contribution in [2.75, 3.05) is 5.75 Å². The van der Waals surface area contributed by atoms with Gasteiger partial charge in [0.2, 0.25) is 5.78 Å². The molecule has 0 spiro atoms. The van der Waals surface area contributed by atoms with Crippen LogP contribution in [-0.4, -0.2) is 29.4 Å².